The van der Waals surface area contributed by atoms with E-state index in [0.29, 0.717) is 6.10 Å². The van der Waals surface area contributed by atoms with Gasteiger partial charge in [-0.1, -0.05) is 48.5 Å². The number of hydrogen-bond acceptors (Lipinski definition) is 3. The first-order valence-corrected chi connectivity index (χ1v) is 9.34. The molecule has 134 valence electrons. The molecule has 1 saturated heterocycles. The molecular weight excluding hydrogens is 322 g/mol. The predicted octanol–water partition coefficient (Wildman–Crippen LogP) is 4.05. The standard InChI is InChI=1S/C22H25N3O/c1-3-8-19(9-4-1)15-24(18-22-12-7-13-26-22)16-20-14-23-25(17-20)21-10-5-2-6-11-21/h1-6,8-11,14,17,22H,7,12-13,15-16,18H2. The molecule has 0 radical (unpaired) electrons. The molecule has 3 aromatic rings. The Bertz CT molecular complexity index is 795. The van der Waals surface area contributed by atoms with Crippen LogP contribution in [0.25, 0.3) is 5.69 Å². The van der Waals surface area contributed by atoms with E-state index in [2.05, 4.69) is 58.7 Å². The molecular formula is C22H25N3O. The van der Waals surface area contributed by atoms with E-state index in [9.17, 15) is 0 Å². The van der Waals surface area contributed by atoms with Crippen molar-refractivity contribution in [2.24, 2.45) is 0 Å². The van der Waals surface area contributed by atoms with E-state index in [1.165, 1.54) is 17.5 Å². The van der Waals surface area contributed by atoms with Gasteiger partial charge in [0.15, 0.2) is 0 Å². The molecule has 4 heteroatoms. The van der Waals surface area contributed by atoms with Gasteiger partial charge in [0.05, 0.1) is 18.0 Å². The topological polar surface area (TPSA) is 30.3 Å². The molecule has 4 nitrogen and oxygen atoms in total. The summed E-state index contributed by atoms with van der Waals surface area (Å²) in [5, 5.41) is 4.54. The van der Waals surface area contributed by atoms with Crippen molar-refractivity contribution in [1.82, 2.24) is 14.7 Å². The zero-order valence-electron chi connectivity index (χ0n) is 15.0. The van der Waals surface area contributed by atoms with E-state index in [0.717, 1.165) is 38.3 Å². The fourth-order valence-electron chi connectivity index (χ4n) is 3.52. The quantitative estimate of drug-likeness (QED) is 0.646. The van der Waals surface area contributed by atoms with Crippen molar-refractivity contribution in [3.63, 3.8) is 0 Å². The summed E-state index contributed by atoms with van der Waals surface area (Å²) < 4.78 is 7.82. The van der Waals surface area contributed by atoms with Crippen LogP contribution < -0.4 is 0 Å². The fourth-order valence-corrected chi connectivity index (χ4v) is 3.52. The second kappa shape index (κ2) is 8.30. The van der Waals surface area contributed by atoms with Gasteiger partial charge >= 0.3 is 0 Å². The highest BCUT2D eigenvalue weighted by atomic mass is 16.5. The molecule has 2 aromatic carbocycles. The van der Waals surface area contributed by atoms with E-state index in [1.807, 2.05) is 29.1 Å². The third-order valence-electron chi connectivity index (χ3n) is 4.80. The van der Waals surface area contributed by atoms with Gasteiger partial charge in [0.2, 0.25) is 0 Å². The zero-order chi connectivity index (χ0) is 17.6. The number of rotatable bonds is 7. The van der Waals surface area contributed by atoms with Crippen molar-refractivity contribution in [3.05, 3.63) is 84.2 Å². The summed E-state index contributed by atoms with van der Waals surface area (Å²) in [6.45, 7) is 3.67. The number of benzene rings is 2. The summed E-state index contributed by atoms with van der Waals surface area (Å²) in [7, 11) is 0. The molecule has 1 aromatic heterocycles. The van der Waals surface area contributed by atoms with Crippen LogP contribution in [0.4, 0.5) is 0 Å². The first-order chi connectivity index (χ1) is 12.9. The Balaban J connectivity index is 1.47. The second-order valence-corrected chi connectivity index (χ2v) is 6.92. The molecule has 0 aliphatic carbocycles. The highest BCUT2D eigenvalue weighted by Crippen LogP contribution is 2.18. The third-order valence-corrected chi connectivity index (χ3v) is 4.80. The van der Waals surface area contributed by atoms with Crippen LogP contribution in [0, 0.1) is 0 Å². The van der Waals surface area contributed by atoms with Crippen LogP contribution in [0.1, 0.15) is 24.0 Å². The van der Waals surface area contributed by atoms with Crippen LogP contribution in [0.15, 0.2) is 73.1 Å². The van der Waals surface area contributed by atoms with Crippen molar-refractivity contribution in [2.75, 3.05) is 13.2 Å². The van der Waals surface area contributed by atoms with Crippen LogP contribution >= 0.6 is 0 Å². The summed E-state index contributed by atoms with van der Waals surface area (Å²) in [5.74, 6) is 0. The minimum Gasteiger partial charge on any atom is -0.377 e. The summed E-state index contributed by atoms with van der Waals surface area (Å²) >= 11 is 0. The summed E-state index contributed by atoms with van der Waals surface area (Å²) in [5.41, 5.74) is 3.65. The monoisotopic (exact) mass is 347 g/mol. The van der Waals surface area contributed by atoms with Crippen molar-refractivity contribution >= 4 is 0 Å². The van der Waals surface area contributed by atoms with Gasteiger partial charge in [-0.2, -0.15) is 5.10 Å². The number of para-hydroxylation sites is 1. The van der Waals surface area contributed by atoms with Crippen molar-refractivity contribution < 1.29 is 4.74 Å². The summed E-state index contributed by atoms with van der Waals surface area (Å²) in [6, 6.07) is 20.9. The smallest absolute Gasteiger partial charge is 0.0703 e. The molecule has 1 atom stereocenters. The number of hydrogen-bond donors (Lipinski definition) is 0. The van der Waals surface area contributed by atoms with Gasteiger partial charge in [-0.15, -0.1) is 0 Å². The molecule has 1 unspecified atom stereocenters. The highest BCUT2D eigenvalue weighted by molar-refractivity contribution is 5.30. The third kappa shape index (κ3) is 4.40. The first kappa shape index (κ1) is 17.0. The predicted molar refractivity (Wildman–Crippen MR) is 103 cm³/mol. The molecule has 26 heavy (non-hydrogen) atoms. The Morgan fingerprint density at radius 3 is 2.42 bits per heavy atom. The highest BCUT2D eigenvalue weighted by Gasteiger charge is 2.20. The fraction of sp³-hybridized carbons (Fsp3) is 0.318. The van der Waals surface area contributed by atoms with Gasteiger partial charge in [-0.3, -0.25) is 4.90 Å². The average Bonchev–Trinajstić information content (AvgIpc) is 3.35. The lowest BCUT2D eigenvalue weighted by Crippen LogP contribution is -2.31. The molecule has 4 rings (SSSR count). The minimum absolute atomic E-state index is 0.350. The van der Waals surface area contributed by atoms with Crippen LogP contribution in [-0.2, 0) is 17.8 Å². The second-order valence-electron chi connectivity index (χ2n) is 6.92. The molecule has 0 N–H and O–H groups in total. The van der Waals surface area contributed by atoms with Gasteiger partial charge < -0.3 is 4.74 Å². The van der Waals surface area contributed by atoms with E-state index in [1.54, 1.807) is 0 Å². The van der Waals surface area contributed by atoms with Gasteiger partial charge in [0.1, 0.15) is 0 Å². The molecule has 0 amide bonds. The molecule has 2 heterocycles. The Morgan fingerprint density at radius 2 is 1.69 bits per heavy atom. The zero-order valence-corrected chi connectivity index (χ0v) is 15.0. The molecule has 0 bridgehead atoms. The van der Waals surface area contributed by atoms with Gasteiger partial charge in [-0.05, 0) is 30.5 Å². The van der Waals surface area contributed by atoms with E-state index in [4.69, 9.17) is 4.74 Å². The van der Waals surface area contributed by atoms with Crippen molar-refractivity contribution in [3.8, 4) is 5.69 Å². The number of aromatic nitrogens is 2. The van der Waals surface area contributed by atoms with Crippen molar-refractivity contribution in [1.29, 1.82) is 0 Å². The van der Waals surface area contributed by atoms with Crippen LogP contribution in [0.2, 0.25) is 0 Å². The lowest BCUT2D eigenvalue weighted by molar-refractivity contribution is 0.0679. The van der Waals surface area contributed by atoms with Gasteiger partial charge in [-0.25, -0.2) is 4.68 Å². The van der Waals surface area contributed by atoms with Crippen LogP contribution in [-0.4, -0.2) is 33.9 Å². The Kier molecular flexibility index (Phi) is 5.43. The lowest BCUT2D eigenvalue weighted by Gasteiger charge is -2.24. The van der Waals surface area contributed by atoms with Gasteiger partial charge in [0.25, 0.3) is 0 Å². The number of nitrogens with zero attached hydrogens (tertiary/aromatic N) is 3. The minimum atomic E-state index is 0.350. The van der Waals surface area contributed by atoms with Crippen LogP contribution in [0.5, 0.6) is 0 Å². The maximum atomic E-state index is 5.87. The lowest BCUT2D eigenvalue weighted by atomic mass is 10.1. The van der Waals surface area contributed by atoms with E-state index >= 15 is 0 Å². The number of ether oxygens (including phenoxy) is 1. The maximum absolute atomic E-state index is 5.87. The van der Waals surface area contributed by atoms with E-state index < -0.39 is 0 Å². The molecule has 0 spiro atoms. The average molecular weight is 347 g/mol. The van der Waals surface area contributed by atoms with E-state index in [-0.39, 0.29) is 0 Å². The Morgan fingerprint density at radius 1 is 0.962 bits per heavy atom. The SMILES string of the molecule is c1ccc(CN(Cc2cnn(-c3ccccc3)c2)CC2CCCO2)cc1. The summed E-state index contributed by atoms with van der Waals surface area (Å²) in [6.07, 6.45) is 6.79. The maximum Gasteiger partial charge on any atom is 0.0703 e. The Labute approximate surface area is 155 Å². The first-order valence-electron chi connectivity index (χ1n) is 9.34. The summed E-state index contributed by atoms with van der Waals surface area (Å²) in [4.78, 5) is 2.47. The largest absolute Gasteiger partial charge is 0.377 e. The van der Waals surface area contributed by atoms with Crippen molar-refractivity contribution in [2.45, 2.75) is 32.0 Å². The molecule has 1 aliphatic heterocycles. The van der Waals surface area contributed by atoms with Gasteiger partial charge in [0, 0.05) is 38.0 Å². The molecule has 0 saturated carbocycles. The normalized spacial score (nSPS) is 17.0. The van der Waals surface area contributed by atoms with Crippen LogP contribution in [0.3, 0.4) is 0 Å². The Hall–Kier alpha value is -2.43. The molecule has 1 aliphatic rings. The molecule has 1 fully saturated rings.